The number of nitrogen functional groups attached to an aromatic ring is 1. The molecule has 0 saturated heterocycles. The number of hydrogen-bond donors (Lipinski definition) is 5. The second-order valence-electron chi connectivity index (χ2n) is 5.64. The number of imidazole rings is 1. The lowest BCUT2D eigenvalue weighted by atomic mass is 9.96. The number of aromatic nitrogens is 4. The van der Waals surface area contributed by atoms with Gasteiger partial charge >= 0.3 is 0 Å². The normalized spacial score (nSPS) is 32.9. The number of nitrogens with zero attached hydrogens (tertiary/aromatic N) is 3. The van der Waals surface area contributed by atoms with Gasteiger partial charge in [-0.25, -0.2) is 4.98 Å². The van der Waals surface area contributed by atoms with Gasteiger partial charge in [-0.15, -0.1) is 0 Å². The number of nitrogens with one attached hydrogen (secondary N) is 1. The predicted octanol–water partition coefficient (Wildman–Crippen LogP) is -1.63. The van der Waals surface area contributed by atoms with Gasteiger partial charge in [0.25, 0.3) is 5.56 Å². The Bertz CT molecular complexity index is 737. The number of H-pyrrole nitrogens is 1. The maximum atomic E-state index is 11.8. The standard InChI is InChI=1S/C12H17N5O4/c1-12(21)6(2-5(3-18)8(12)19)17-4-14-7-9(17)15-11(13)16-10(7)20/h4-6,8,18-19,21H,2-3H2,1H3,(H3,13,15,16,20)/t5-,6-,8-,12+/m1/s1. The molecule has 0 spiro atoms. The van der Waals surface area contributed by atoms with Gasteiger partial charge in [0, 0.05) is 12.5 Å². The Morgan fingerprint density at radius 3 is 2.95 bits per heavy atom. The molecule has 1 fully saturated rings. The third-order valence-electron chi connectivity index (χ3n) is 4.27. The summed E-state index contributed by atoms with van der Waals surface area (Å²) < 4.78 is 1.53. The average Bonchev–Trinajstić information content (AvgIpc) is 2.91. The molecule has 3 rings (SSSR count). The van der Waals surface area contributed by atoms with Crippen molar-refractivity contribution in [3.05, 3.63) is 16.7 Å². The van der Waals surface area contributed by atoms with Crippen LogP contribution in [0.2, 0.25) is 0 Å². The van der Waals surface area contributed by atoms with Gasteiger partial charge in [-0.1, -0.05) is 0 Å². The summed E-state index contributed by atoms with van der Waals surface area (Å²) in [6.45, 7) is 1.25. The lowest BCUT2D eigenvalue weighted by Gasteiger charge is -2.29. The molecule has 0 radical (unpaired) electrons. The molecule has 6 N–H and O–H groups in total. The Labute approximate surface area is 119 Å². The van der Waals surface area contributed by atoms with E-state index in [0.717, 1.165) is 0 Å². The van der Waals surface area contributed by atoms with Crippen LogP contribution < -0.4 is 11.3 Å². The van der Waals surface area contributed by atoms with Crippen LogP contribution in [0.15, 0.2) is 11.1 Å². The van der Waals surface area contributed by atoms with Crippen molar-refractivity contribution < 1.29 is 15.3 Å². The van der Waals surface area contributed by atoms with Crippen LogP contribution in [0.4, 0.5) is 5.95 Å². The number of rotatable bonds is 2. The minimum Gasteiger partial charge on any atom is -0.396 e. The number of fused-ring (bicyclic) bond motifs is 1. The van der Waals surface area contributed by atoms with E-state index in [1.165, 1.54) is 17.8 Å². The summed E-state index contributed by atoms with van der Waals surface area (Å²) >= 11 is 0. The van der Waals surface area contributed by atoms with Crippen molar-refractivity contribution in [2.24, 2.45) is 5.92 Å². The van der Waals surface area contributed by atoms with Crippen molar-refractivity contribution in [3.8, 4) is 0 Å². The van der Waals surface area contributed by atoms with Gasteiger partial charge in [0.1, 0.15) is 5.60 Å². The fourth-order valence-electron chi connectivity index (χ4n) is 3.07. The Morgan fingerprint density at radius 1 is 1.62 bits per heavy atom. The molecule has 2 aromatic heterocycles. The van der Waals surface area contributed by atoms with Crippen LogP contribution in [0.3, 0.4) is 0 Å². The number of hydrogen-bond acceptors (Lipinski definition) is 7. The van der Waals surface area contributed by atoms with Crippen molar-refractivity contribution in [2.45, 2.75) is 31.1 Å². The minimum absolute atomic E-state index is 0.0499. The second kappa shape index (κ2) is 4.52. The molecule has 2 heterocycles. The predicted molar refractivity (Wildman–Crippen MR) is 73.4 cm³/mol. The van der Waals surface area contributed by atoms with Gasteiger partial charge in [0.15, 0.2) is 11.2 Å². The molecular weight excluding hydrogens is 278 g/mol. The van der Waals surface area contributed by atoms with E-state index in [4.69, 9.17) is 5.73 Å². The second-order valence-corrected chi connectivity index (χ2v) is 5.64. The van der Waals surface area contributed by atoms with E-state index in [-0.39, 0.29) is 23.7 Å². The van der Waals surface area contributed by atoms with E-state index in [0.29, 0.717) is 6.42 Å². The molecular formula is C12H17N5O4. The lowest BCUT2D eigenvalue weighted by molar-refractivity contribution is -0.0777. The van der Waals surface area contributed by atoms with E-state index in [2.05, 4.69) is 15.0 Å². The highest BCUT2D eigenvalue weighted by Crippen LogP contribution is 2.43. The molecule has 1 aliphatic rings. The number of aliphatic hydroxyl groups excluding tert-OH is 2. The Kier molecular flexibility index (Phi) is 3.01. The maximum absolute atomic E-state index is 11.8. The molecule has 9 heteroatoms. The number of anilines is 1. The fourth-order valence-corrected chi connectivity index (χ4v) is 3.07. The van der Waals surface area contributed by atoms with E-state index >= 15 is 0 Å². The maximum Gasteiger partial charge on any atom is 0.280 e. The first-order valence-corrected chi connectivity index (χ1v) is 6.60. The van der Waals surface area contributed by atoms with Gasteiger partial charge in [0.2, 0.25) is 5.95 Å². The van der Waals surface area contributed by atoms with Gasteiger partial charge in [-0.05, 0) is 13.3 Å². The summed E-state index contributed by atoms with van der Waals surface area (Å²) in [5, 5.41) is 29.9. The van der Waals surface area contributed by atoms with E-state index in [1.54, 1.807) is 0 Å². The monoisotopic (exact) mass is 295 g/mol. The Balaban J connectivity index is 2.15. The molecule has 9 nitrogen and oxygen atoms in total. The van der Waals surface area contributed by atoms with Crippen LogP contribution in [-0.4, -0.2) is 53.2 Å². The number of nitrogens with two attached hydrogens (primary N) is 1. The molecule has 1 saturated carbocycles. The largest absolute Gasteiger partial charge is 0.396 e. The van der Waals surface area contributed by atoms with E-state index in [1.807, 2.05) is 0 Å². The van der Waals surface area contributed by atoms with Gasteiger partial charge in [-0.3, -0.25) is 9.78 Å². The number of aliphatic hydroxyl groups is 3. The average molecular weight is 295 g/mol. The Hall–Kier alpha value is -1.97. The van der Waals surface area contributed by atoms with E-state index < -0.39 is 29.2 Å². The van der Waals surface area contributed by atoms with Crippen molar-refractivity contribution in [2.75, 3.05) is 12.3 Å². The molecule has 21 heavy (non-hydrogen) atoms. The highest BCUT2D eigenvalue weighted by atomic mass is 16.3. The van der Waals surface area contributed by atoms with Crippen molar-refractivity contribution in [3.63, 3.8) is 0 Å². The summed E-state index contributed by atoms with van der Waals surface area (Å²) in [4.78, 5) is 22.2. The molecule has 4 atom stereocenters. The van der Waals surface area contributed by atoms with Crippen LogP contribution in [0.25, 0.3) is 11.2 Å². The topological polar surface area (TPSA) is 150 Å². The third kappa shape index (κ3) is 1.93. The van der Waals surface area contributed by atoms with Crippen LogP contribution in [0.1, 0.15) is 19.4 Å². The SMILES string of the molecule is C[C@@]1(O)[C@H](O)[C@@H](CO)C[C@H]1n1cnc2c(=O)[nH]c(N)nc21. The minimum atomic E-state index is -1.47. The van der Waals surface area contributed by atoms with Gasteiger partial charge in [-0.2, -0.15) is 4.98 Å². The van der Waals surface area contributed by atoms with Crippen LogP contribution in [-0.2, 0) is 0 Å². The molecule has 114 valence electrons. The first kappa shape index (κ1) is 14.0. The molecule has 0 amide bonds. The first-order valence-electron chi connectivity index (χ1n) is 6.60. The van der Waals surface area contributed by atoms with Gasteiger partial charge in [0.05, 0.1) is 18.5 Å². The summed E-state index contributed by atoms with van der Waals surface area (Å²) in [7, 11) is 0. The van der Waals surface area contributed by atoms with E-state index in [9.17, 15) is 20.1 Å². The number of aromatic amines is 1. The van der Waals surface area contributed by atoms with Crippen molar-refractivity contribution >= 4 is 17.1 Å². The van der Waals surface area contributed by atoms with Crippen LogP contribution in [0, 0.1) is 5.92 Å². The summed E-state index contributed by atoms with van der Waals surface area (Å²) in [6, 6.07) is -0.566. The zero-order valence-corrected chi connectivity index (χ0v) is 11.4. The fraction of sp³-hybridized carbons (Fsp3) is 0.583. The molecule has 0 aromatic carbocycles. The zero-order chi connectivity index (χ0) is 15.4. The lowest BCUT2D eigenvalue weighted by Crippen LogP contribution is -2.42. The van der Waals surface area contributed by atoms with Gasteiger partial charge < -0.3 is 25.6 Å². The summed E-state index contributed by atoms with van der Waals surface area (Å²) in [5.74, 6) is -0.507. The van der Waals surface area contributed by atoms with Crippen LogP contribution in [0.5, 0.6) is 0 Å². The van der Waals surface area contributed by atoms with Crippen molar-refractivity contribution in [1.82, 2.24) is 19.5 Å². The Morgan fingerprint density at radius 2 is 2.33 bits per heavy atom. The summed E-state index contributed by atoms with van der Waals surface area (Å²) in [6.07, 6.45) is 0.645. The molecule has 0 aliphatic heterocycles. The molecule has 1 aliphatic carbocycles. The van der Waals surface area contributed by atoms with Crippen LogP contribution >= 0.6 is 0 Å². The smallest absolute Gasteiger partial charge is 0.280 e. The van der Waals surface area contributed by atoms with Crippen molar-refractivity contribution in [1.29, 1.82) is 0 Å². The first-order chi connectivity index (χ1) is 9.86. The molecule has 2 aromatic rings. The molecule has 0 bridgehead atoms. The quantitative estimate of drug-likeness (QED) is 0.446. The summed E-state index contributed by atoms with van der Waals surface area (Å²) in [5.41, 5.74) is 3.96. The highest BCUT2D eigenvalue weighted by Gasteiger charge is 2.51. The highest BCUT2D eigenvalue weighted by molar-refractivity contribution is 5.70. The third-order valence-corrected chi connectivity index (χ3v) is 4.27. The molecule has 0 unspecified atom stereocenters. The zero-order valence-electron chi connectivity index (χ0n) is 11.4.